The molecule has 2 N–H and O–H groups in total. The highest BCUT2D eigenvalue weighted by molar-refractivity contribution is 6.02. The van der Waals surface area contributed by atoms with Crippen LogP contribution in [0.3, 0.4) is 0 Å². The maximum Gasteiger partial charge on any atom is 0.274 e. The SMILES string of the molecule is Cc1cccc(C(=O)Nc2ccc(C)c(C#CCO)c2)n1. The summed E-state index contributed by atoms with van der Waals surface area (Å²) in [5.74, 6) is 5.20. The summed E-state index contributed by atoms with van der Waals surface area (Å²) in [6, 6.07) is 10.8. The molecule has 0 aliphatic heterocycles. The number of carbonyl (C=O) groups is 1. The van der Waals surface area contributed by atoms with Gasteiger partial charge in [-0.15, -0.1) is 0 Å². The number of hydrogen-bond donors (Lipinski definition) is 2. The number of aromatic nitrogens is 1. The van der Waals surface area contributed by atoms with E-state index < -0.39 is 0 Å². The van der Waals surface area contributed by atoms with E-state index in [2.05, 4.69) is 22.1 Å². The van der Waals surface area contributed by atoms with Crippen molar-refractivity contribution < 1.29 is 9.90 Å². The summed E-state index contributed by atoms with van der Waals surface area (Å²) in [6.45, 7) is 3.57. The summed E-state index contributed by atoms with van der Waals surface area (Å²) in [5, 5.41) is 11.6. The third-order valence-corrected chi connectivity index (χ3v) is 2.92. The van der Waals surface area contributed by atoms with Gasteiger partial charge in [0.1, 0.15) is 12.3 Å². The van der Waals surface area contributed by atoms with Gasteiger partial charge in [-0.1, -0.05) is 24.0 Å². The number of aliphatic hydroxyl groups is 1. The Bertz CT molecular complexity index is 727. The summed E-state index contributed by atoms with van der Waals surface area (Å²) in [7, 11) is 0. The van der Waals surface area contributed by atoms with Crippen LogP contribution in [0.4, 0.5) is 5.69 Å². The van der Waals surface area contributed by atoms with Crippen LogP contribution in [0.15, 0.2) is 36.4 Å². The van der Waals surface area contributed by atoms with E-state index in [1.807, 2.05) is 32.0 Å². The van der Waals surface area contributed by atoms with Gasteiger partial charge in [0.05, 0.1) is 0 Å². The molecule has 4 heteroatoms. The summed E-state index contributed by atoms with van der Waals surface area (Å²) in [5.41, 5.74) is 3.58. The molecule has 21 heavy (non-hydrogen) atoms. The Hall–Kier alpha value is -2.64. The summed E-state index contributed by atoms with van der Waals surface area (Å²) < 4.78 is 0. The molecule has 0 radical (unpaired) electrons. The largest absolute Gasteiger partial charge is 0.384 e. The molecule has 0 saturated heterocycles. The van der Waals surface area contributed by atoms with Gasteiger partial charge in [-0.2, -0.15) is 0 Å². The van der Waals surface area contributed by atoms with Gasteiger partial charge < -0.3 is 10.4 Å². The molecule has 0 atom stereocenters. The number of aliphatic hydroxyl groups excluding tert-OH is 1. The first kappa shape index (κ1) is 14.8. The zero-order chi connectivity index (χ0) is 15.2. The second-order valence-electron chi connectivity index (χ2n) is 4.61. The molecular weight excluding hydrogens is 264 g/mol. The molecule has 1 aromatic heterocycles. The van der Waals surface area contributed by atoms with E-state index in [1.54, 1.807) is 18.2 Å². The molecule has 0 spiro atoms. The zero-order valence-corrected chi connectivity index (χ0v) is 12.0. The minimum Gasteiger partial charge on any atom is -0.384 e. The second-order valence-corrected chi connectivity index (χ2v) is 4.61. The maximum atomic E-state index is 12.1. The lowest BCUT2D eigenvalue weighted by atomic mass is 10.1. The molecule has 0 aliphatic rings. The first-order chi connectivity index (χ1) is 10.1. The Balaban J connectivity index is 2.21. The van der Waals surface area contributed by atoms with Crippen LogP contribution in [0, 0.1) is 25.7 Å². The Morgan fingerprint density at radius 3 is 2.81 bits per heavy atom. The smallest absolute Gasteiger partial charge is 0.274 e. The topological polar surface area (TPSA) is 62.2 Å². The van der Waals surface area contributed by atoms with E-state index in [1.165, 1.54) is 0 Å². The molecule has 1 amide bonds. The fourth-order valence-electron chi connectivity index (χ4n) is 1.83. The van der Waals surface area contributed by atoms with Crippen LogP contribution < -0.4 is 5.32 Å². The molecule has 0 saturated carbocycles. The normalized spacial score (nSPS) is 9.67. The number of amides is 1. The van der Waals surface area contributed by atoms with Crippen LogP contribution in [0.1, 0.15) is 27.3 Å². The van der Waals surface area contributed by atoms with Crippen LogP contribution in [-0.2, 0) is 0 Å². The van der Waals surface area contributed by atoms with Gasteiger partial charge in [-0.05, 0) is 43.7 Å². The van der Waals surface area contributed by atoms with E-state index in [0.717, 1.165) is 16.8 Å². The molecule has 0 unspecified atom stereocenters. The van der Waals surface area contributed by atoms with Gasteiger partial charge >= 0.3 is 0 Å². The molecule has 106 valence electrons. The lowest BCUT2D eigenvalue weighted by Crippen LogP contribution is -2.14. The average molecular weight is 280 g/mol. The third-order valence-electron chi connectivity index (χ3n) is 2.92. The third kappa shape index (κ3) is 3.91. The van der Waals surface area contributed by atoms with Gasteiger partial charge in [0.15, 0.2) is 0 Å². The van der Waals surface area contributed by atoms with Gasteiger partial charge in [0.25, 0.3) is 5.91 Å². The standard InChI is InChI=1S/C17H16N2O2/c1-12-8-9-15(11-14(12)6-4-10-20)19-17(21)16-7-3-5-13(2)18-16/h3,5,7-9,11,20H,10H2,1-2H3,(H,19,21). The summed E-state index contributed by atoms with van der Waals surface area (Å²) in [4.78, 5) is 16.3. The molecule has 2 rings (SSSR count). The summed E-state index contributed by atoms with van der Waals surface area (Å²) in [6.07, 6.45) is 0. The van der Waals surface area contributed by atoms with Crippen molar-refractivity contribution in [3.63, 3.8) is 0 Å². The second kappa shape index (κ2) is 6.69. The molecule has 0 aliphatic carbocycles. The quantitative estimate of drug-likeness (QED) is 0.830. The highest BCUT2D eigenvalue weighted by Crippen LogP contribution is 2.15. The molecular formula is C17H16N2O2. The van der Waals surface area contributed by atoms with E-state index in [0.29, 0.717) is 11.4 Å². The minimum atomic E-state index is -0.261. The van der Waals surface area contributed by atoms with Gasteiger partial charge in [0, 0.05) is 16.9 Å². The number of hydrogen-bond acceptors (Lipinski definition) is 3. The van der Waals surface area contributed by atoms with Crippen LogP contribution in [0.25, 0.3) is 0 Å². The zero-order valence-electron chi connectivity index (χ0n) is 12.0. The number of pyridine rings is 1. The van der Waals surface area contributed by atoms with Crippen molar-refractivity contribution in [1.82, 2.24) is 4.98 Å². The number of nitrogens with zero attached hydrogens (tertiary/aromatic N) is 1. The summed E-state index contributed by atoms with van der Waals surface area (Å²) >= 11 is 0. The lowest BCUT2D eigenvalue weighted by Gasteiger charge is -2.07. The molecule has 2 aromatic rings. The fourth-order valence-corrected chi connectivity index (χ4v) is 1.83. The van der Waals surface area contributed by atoms with Crippen molar-refractivity contribution in [2.45, 2.75) is 13.8 Å². The Morgan fingerprint density at radius 1 is 1.29 bits per heavy atom. The number of benzene rings is 1. The first-order valence-electron chi connectivity index (χ1n) is 6.55. The van der Waals surface area contributed by atoms with Crippen LogP contribution in [0.2, 0.25) is 0 Å². The molecule has 4 nitrogen and oxygen atoms in total. The lowest BCUT2D eigenvalue weighted by molar-refractivity contribution is 0.102. The van der Waals surface area contributed by atoms with Crippen LogP contribution in [0.5, 0.6) is 0 Å². The Kier molecular flexibility index (Phi) is 4.70. The van der Waals surface area contributed by atoms with Crippen molar-refractivity contribution in [1.29, 1.82) is 0 Å². The van der Waals surface area contributed by atoms with Crippen LogP contribution >= 0.6 is 0 Å². The number of nitrogens with one attached hydrogen (secondary N) is 1. The Morgan fingerprint density at radius 2 is 2.10 bits per heavy atom. The fraction of sp³-hybridized carbons (Fsp3) is 0.176. The van der Waals surface area contributed by atoms with E-state index in [9.17, 15) is 4.79 Å². The van der Waals surface area contributed by atoms with E-state index >= 15 is 0 Å². The Labute approximate surface area is 123 Å². The van der Waals surface area contributed by atoms with Crippen LogP contribution in [-0.4, -0.2) is 22.6 Å². The molecule has 1 aromatic carbocycles. The number of rotatable bonds is 2. The molecule has 0 fully saturated rings. The van der Waals surface area contributed by atoms with Crippen molar-refractivity contribution in [3.05, 3.63) is 58.9 Å². The van der Waals surface area contributed by atoms with Crippen molar-refractivity contribution in [2.24, 2.45) is 0 Å². The molecule has 0 bridgehead atoms. The number of carbonyl (C=O) groups excluding carboxylic acids is 1. The minimum absolute atomic E-state index is 0.191. The number of anilines is 1. The average Bonchev–Trinajstić information content (AvgIpc) is 2.47. The first-order valence-corrected chi connectivity index (χ1v) is 6.55. The maximum absolute atomic E-state index is 12.1. The van der Waals surface area contributed by atoms with Crippen molar-refractivity contribution in [2.75, 3.05) is 11.9 Å². The monoisotopic (exact) mass is 280 g/mol. The van der Waals surface area contributed by atoms with Gasteiger partial charge in [-0.3, -0.25) is 4.79 Å². The predicted octanol–water partition coefficient (Wildman–Crippen LogP) is 2.29. The van der Waals surface area contributed by atoms with Gasteiger partial charge in [0.2, 0.25) is 0 Å². The van der Waals surface area contributed by atoms with Crippen molar-refractivity contribution >= 4 is 11.6 Å². The highest BCUT2D eigenvalue weighted by Gasteiger charge is 2.08. The predicted molar refractivity (Wildman–Crippen MR) is 82.1 cm³/mol. The van der Waals surface area contributed by atoms with Gasteiger partial charge in [-0.25, -0.2) is 4.98 Å². The van der Waals surface area contributed by atoms with Crippen molar-refractivity contribution in [3.8, 4) is 11.8 Å². The number of aryl methyl sites for hydroxylation is 2. The van der Waals surface area contributed by atoms with E-state index in [-0.39, 0.29) is 12.5 Å². The van der Waals surface area contributed by atoms with E-state index in [4.69, 9.17) is 5.11 Å². The highest BCUT2D eigenvalue weighted by atomic mass is 16.2. The molecule has 1 heterocycles.